The van der Waals surface area contributed by atoms with Crippen LogP contribution in [0.3, 0.4) is 0 Å². The molecule has 0 fully saturated rings. The number of carbonyl (C=O) groups is 1. The van der Waals surface area contributed by atoms with Gasteiger partial charge in [0.1, 0.15) is 0 Å². The number of aromatic nitrogens is 1. The quantitative estimate of drug-likeness (QED) is 0.326. The van der Waals surface area contributed by atoms with E-state index in [1.54, 1.807) is 11.8 Å². The van der Waals surface area contributed by atoms with Crippen molar-refractivity contribution >= 4 is 54.4 Å². The molecule has 9 heteroatoms. The molecule has 6 nitrogen and oxygen atoms in total. The third kappa shape index (κ3) is 5.27. The molecule has 1 aromatic heterocycles. The second-order valence-corrected chi connectivity index (χ2v) is 11.1. The van der Waals surface area contributed by atoms with E-state index in [4.69, 9.17) is 0 Å². The molecule has 4 aromatic rings. The van der Waals surface area contributed by atoms with Crippen molar-refractivity contribution in [3.63, 3.8) is 0 Å². The van der Waals surface area contributed by atoms with Gasteiger partial charge in [-0.05, 0) is 54.3 Å². The Kier molecular flexibility index (Phi) is 7.14. The van der Waals surface area contributed by atoms with Gasteiger partial charge in [0.2, 0.25) is 10.0 Å². The standard InChI is InChI=1S/C24H23N3O3S3/c1-3-27(16-17-7-5-4-6-8-17)33(29,30)20-12-9-18(10-13-20)23(28)26-24-25-21-14-11-19(31-2)15-22(21)32-24/h4-15H,3,16H2,1-2H3,(H,25,26,28). The van der Waals surface area contributed by atoms with Crippen LogP contribution in [0.1, 0.15) is 22.8 Å². The summed E-state index contributed by atoms with van der Waals surface area (Å²) in [4.78, 5) is 18.4. The number of benzene rings is 3. The number of fused-ring (bicyclic) bond motifs is 1. The molecule has 1 amide bonds. The Morgan fingerprint density at radius 3 is 2.45 bits per heavy atom. The summed E-state index contributed by atoms with van der Waals surface area (Å²) in [6, 6.07) is 21.4. The van der Waals surface area contributed by atoms with Gasteiger partial charge in [0.25, 0.3) is 5.91 Å². The largest absolute Gasteiger partial charge is 0.298 e. The van der Waals surface area contributed by atoms with Gasteiger partial charge in [0.15, 0.2) is 5.13 Å². The first-order valence-corrected chi connectivity index (χ1v) is 13.8. The van der Waals surface area contributed by atoms with Crippen molar-refractivity contribution in [3.05, 3.63) is 83.9 Å². The minimum absolute atomic E-state index is 0.154. The topological polar surface area (TPSA) is 79.4 Å². The third-order valence-corrected chi connectivity index (χ3v) is 8.72. The van der Waals surface area contributed by atoms with E-state index in [0.29, 0.717) is 17.2 Å². The maximum Gasteiger partial charge on any atom is 0.257 e. The predicted octanol–water partition coefficient (Wildman–Crippen LogP) is 5.48. The molecule has 4 rings (SSSR count). The number of thiazole rings is 1. The first-order valence-electron chi connectivity index (χ1n) is 10.3. The third-order valence-electron chi connectivity index (χ3n) is 5.12. The van der Waals surface area contributed by atoms with Crippen molar-refractivity contribution in [2.45, 2.75) is 23.3 Å². The summed E-state index contributed by atoms with van der Waals surface area (Å²) in [6.07, 6.45) is 2.01. The summed E-state index contributed by atoms with van der Waals surface area (Å²) < 4.78 is 28.6. The Labute approximate surface area is 201 Å². The van der Waals surface area contributed by atoms with Crippen molar-refractivity contribution in [2.24, 2.45) is 0 Å². The Morgan fingerprint density at radius 2 is 1.79 bits per heavy atom. The lowest BCUT2D eigenvalue weighted by Gasteiger charge is -2.20. The fraction of sp³-hybridized carbons (Fsp3) is 0.167. The highest BCUT2D eigenvalue weighted by Crippen LogP contribution is 2.29. The molecule has 0 saturated heterocycles. The van der Waals surface area contributed by atoms with Crippen molar-refractivity contribution in [1.29, 1.82) is 0 Å². The van der Waals surface area contributed by atoms with Crippen LogP contribution in [0.2, 0.25) is 0 Å². The Balaban J connectivity index is 1.49. The first kappa shape index (κ1) is 23.4. The molecule has 0 unspecified atom stereocenters. The van der Waals surface area contributed by atoms with Crippen LogP contribution < -0.4 is 5.32 Å². The minimum Gasteiger partial charge on any atom is -0.298 e. The highest BCUT2D eigenvalue weighted by Gasteiger charge is 2.23. The number of thioether (sulfide) groups is 1. The van der Waals surface area contributed by atoms with E-state index >= 15 is 0 Å². The number of hydrogen-bond acceptors (Lipinski definition) is 6. The molecular formula is C24H23N3O3S3. The Hall–Kier alpha value is -2.72. The van der Waals surface area contributed by atoms with Gasteiger partial charge in [-0.2, -0.15) is 4.31 Å². The number of nitrogens with one attached hydrogen (secondary N) is 1. The predicted molar refractivity (Wildman–Crippen MR) is 136 cm³/mol. The van der Waals surface area contributed by atoms with E-state index in [0.717, 1.165) is 20.7 Å². The van der Waals surface area contributed by atoms with Gasteiger partial charge in [-0.3, -0.25) is 10.1 Å². The lowest BCUT2D eigenvalue weighted by molar-refractivity contribution is 0.102. The summed E-state index contributed by atoms with van der Waals surface area (Å²) >= 11 is 3.06. The van der Waals surface area contributed by atoms with Crippen LogP contribution in [-0.4, -0.2) is 36.4 Å². The molecule has 0 atom stereocenters. The average Bonchev–Trinajstić information content (AvgIpc) is 3.24. The molecule has 0 radical (unpaired) electrons. The van der Waals surface area contributed by atoms with Crippen molar-refractivity contribution in [1.82, 2.24) is 9.29 Å². The SMILES string of the molecule is CCN(Cc1ccccc1)S(=O)(=O)c1ccc(C(=O)Nc2nc3ccc(SC)cc3s2)cc1. The second kappa shape index (κ2) is 10.0. The molecular weight excluding hydrogens is 474 g/mol. The van der Waals surface area contributed by atoms with Gasteiger partial charge in [0, 0.05) is 23.5 Å². The molecule has 1 N–H and O–H groups in total. The van der Waals surface area contributed by atoms with Gasteiger partial charge >= 0.3 is 0 Å². The summed E-state index contributed by atoms with van der Waals surface area (Å²) in [5, 5.41) is 3.32. The zero-order valence-corrected chi connectivity index (χ0v) is 20.6. The van der Waals surface area contributed by atoms with Crippen LogP contribution in [0, 0.1) is 0 Å². The van der Waals surface area contributed by atoms with E-state index in [2.05, 4.69) is 10.3 Å². The maximum absolute atomic E-state index is 13.1. The molecule has 0 aliphatic carbocycles. The summed E-state index contributed by atoms with van der Waals surface area (Å²) in [7, 11) is -3.69. The summed E-state index contributed by atoms with van der Waals surface area (Å²) in [5.74, 6) is -0.334. The van der Waals surface area contributed by atoms with Gasteiger partial charge < -0.3 is 0 Å². The van der Waals surface area contributed by atoms with E-state index in [9.17, 15) is 13.2 Å². The number of nitrogens with zero attached hydrogens (tertiary/aromatic N) is 2. The number of anilines is 1. The zero-order chi connectivity index (χ0) is 23.4. The second-order valence-electron chi connectivity index (χ2n) is 7.25. The Morgan fingerprint density at radius 1 is 1.06 bits per heavy atom. The smallest absolute Gasteiger partial charge is 0.257 e. The van der Waals surface area contributed by atoms with E-state index in [1.165, 1.54) is 39.9 Å². The lowest BCUT2D eigenvalue weighted by Crippen LogP contribution is -2.30. The lowest BCUT2D eigenvalue weighted by atomic mass is 10.2. The monoisotopic (exact) mass is 497 g/mol. The molecule has 0 spiro atoms. The molecule has 1 heterocycles. The fourth-order valence-electron chi connectivity index (χ4n) is 3.34. The summed E-state index contributed by atoms with van der Waals surface area (Å²) in [5.41, 5.74) is 2.11. The molecule has 0 bridgehead atoms. The van der Waals surface area contributed by atoms with Gasteiger partial charge in [-0.25, -0.2) is 13.4 Å². The van der Waals surface area contributed by atoms with Crippen molar-refractivity contribution in [2.75, 3.05) is 18.1 Å². The van der Waals surface area contributed by atoms with E-state index < -0.39 is 10.0 Å². The highest BCUT2D eigenvalue weighted by molar-refractivity contribution is 7.98. The highest BCUT2D eigenvalue weighted by atomic mass is 32.2. The molecule has 0 aliphatic rings. The van der Waals surface area contributed by atoms with Gasteiger partial charge in [-0.15, -0.1) is 11.8 Å². The van der Waals surface area contributed by atoms with Gasteiger partial charge in [0.05, 0.1) is 15.1 Å². The maximum atomic E-state index is 13.1. The number of carbonyl (C=O) groups excluding carboxylic acids is 1. The van der Waals surface area contributed by atoms with Crippen LogP contribution in [0.25, 0.3) is 10.2 Å². The minimum atomic E-state index is -3.69. The number of rotatable bonds is 8. The number of sulfonamides is 1. The van der Waals surface area contributed by atoms with Crippen molar-refractivity contribution < 1.29 is 13.2 Å². The molecule has 0 aliphatic heterocycles. The summed E-state index contributed by atoms with van der Waals surface area (Å²) in [6.45, 7) is 2.44. The first-order chi connectivity index (χ1) is 15.9. The molecule has 3 aromatic carbocycles. The van der Waals surface area contributed by atoms with Crippen LogP contribution in [-0.2, 0) is 16.6 Å². The van der Waals surface area contributed by atoms with Crippen LogP contribution >= 0.6 is 23.1 Å². The molecule has 0 saturated carbocycles. The Bertz CT molecular complexity index is 1370. The van der Waals surface area contributed by atoms with Crippen LogP contribution in [0.4, 0.5) is 5.13 Å². The normalized spacial score (nSPS) is 11.7. The fourth-order valence-corrected chi connectivity index (χ4v) is 6.19. The van der Waals surface area contributed by atoms with Crippen molar-refractivity contribution in [3.8, 4) is 0 Å². The van der Waals surface area contributed by atoms with E-state index in [1.807, 2.05) is 61.7 Å². The van der Waals surface area contributed by atoms with Gasteiger partial charge in [-0.1, -0.05) is 48.6 Å². The average molecular weight is 498 g/mol. The van der Waals surface area contributed by atoms with Crippen LogP contribution in [0.15, 0.2) is 82.6 Å². The zero-order valence-electron chi connectivity index (χ0n) is 18.2. The molecule has 170 valence electrons. The number of amides is 1. The van der Waals surface area contributed by atoms with Crippen LogP contribution in [0.5, 0.6) is 0 Å². The number of hydrogen-bond donors (Lipinski definition) is 1. The van der Waals surface area contributed by atoms with E-state index in [-0.39, 0.29) is 17.3 Å². The molecule has 33 heavy (non-hydrogen) atoms.